The summed E-state index contributed by atoms with van der Waals surface area (Å²) in [6.07, 6.45) is 5.28. The first-order chi connectivity index (χ1) is 8.67. The monoisotopic (exact) mass is 244 g/mol. The molecule has 0 saturated carbocycles. The van der Waals surface area contributed by atoms with E-state index in [0.717, 1.165) is 5.56 Å². The molecule has 0 aliphatic heterocycles. The summed E-state index contributed by atoms with van der Waals surface area (Å²) in [4.78, 5) is 14.9. The van der Waals surface area contributed by atoms with E-state index in [1.165, 1.54) is 12.1 Å². The fourth-order valence-electron chi connectivity index (χ4n) is 1.41. The Morgan fingerprint density at radius 2 is 2.39 bits per heavy atom. The van der Waals surface area contributed by atoms with Gasteiger partial charge in [0.2, 0.25) is 5.95 Å². The summed E-state index contributed by atoms with van der Waals surface area (Å²) in [6, 6.07) is 6.15. The van der Waals surface area contributed by atoms with E-state index in [9.17, 15) is 9.18 Å². The molecule has 1 heterocycles. The minimum Gasteiger partial charge on any atom is -0.282 e. The van der Waals surface area contributed by atoms with Gasteiger partial charge in [0.1, 0.15) is 11.6 Å². The molecule has 2 rings (SSSR count). The highest BCUT2D eigenvalue weighted by atomic mass is 19.1. The number of hydrogen-bond acceptors (Lipinski definition) is 3. The number of nitrogens with zero attached hydrogens (tertiary/aromatic N) is 2. The smallest absolute Gasteiger partial charge is 0.282 e. The molecule has 6 heteroatoms. The zero-order valence-corrected chi connectivity index (χ0v) is 9.27. The molecule has 0 radical (unpaired) electrons. The number of carbonyl (C=O) groups is 1. The Morgan fingerprint density at radius 3 is 3.11 bits per heavy atom. The van der Waals surface area contributed by atoms with Crippen LogP contribution in [-0.2, 0) is 11.2 Å². The predicted molar refractivity (Wildman–Crippen MR) is 63.1 cm³/mol. The van der Waals surface area contributed by atoms with Crippen LogP contribution in [-0.4, -0.2) is 21.1 Å². The molecule has 0 fully saturated rings. The summed E-state index contributed by atoms with van der Waals surface area (Å²) in [6.45, 7) is 0. The number of benzene rings is 1. The van der Waals surface area contributed by atoms with Gasteiger partial charge in [-0.3, -0.25) is 15.2 Å². The van der Waals surface area contributed by atoms with E-state index in [0.29, 0.717) is 12.2 Å². The second kappa shape index (κ2) is 5.10. The first-order valence-corrected chi connectivity index (χ1v) is 5.10. The lowest BCUT2D eigenvalue weighted by Gasteiger charge is -1.97. The number of halogens is 1. The minimum atomic E-state index is -0.619. The second-order valence-electron chi connectivity index (χ2n) is 3.51. The summed E-state index contributed by atoms with van der Waals surface area (Å²) in [7, 11) is 0. The van der Waals surface area contributed by atoms with E-state index in [1.807, 2.05) is 5.92 Å². The highest BCUT2D eigenvalue weighted by Gasteiger charge is 2.06. The van der Waals surface area contributed by atoms with Gasteiger partial charge in [-0.1, -0.05) is 12.1 Å². The van der Waals surface area contributed by atoms with Gasteiger partial charge < -0.3 is 0 Å². The highest BCUT2D eigenvalue weighted by molar-refractivity contribution is 6.02. The fourth-order valence-corrected chi connectivity index (χ4v) is 1.41. The first kappa shape index (κ1) is 11.8. The van der Waals surface area contributed by atoms with Crippen molar-refractivity contribution in [1.29, 1.82) is 0 Å². The van der Waals surface area contributed by atoms with Gasteiger partial charge in [0, 0.05) is 6.42 Å². The topological polar surface area (TPSA) is 70.7 Å². The number of terminal acetylenes is 1. The van der Waals surface area contributed by atoms with Crippen LogP contribution < -0.4 is 5.32 Å². The van der Waals surface area contributed by atoms with E-state index < -0.39 is 5.91 Å². The molecule has 2 aromatic rings. The third kappa shape index (κ3) is 2.92. The van der Waals surface area contributed by atoms with Gasteiger partial charge in [-0.15, -0.1) is 11.5 Å². The standard InChI is InChI=1S/C12H9FN4O/c1-2-11(18)15-12-14-10(16-17-12)7-8-4-3-5-9(13)6-8/h1,3-6H,7H2,(H2,14,15,16,17,18). The summed E-state index contributed by atoms with van der Waals surface area (Å²) in [5.74, 6) is 1.56. The van der Waals surface area contributed by atoms with Crippen LogP contribution in [0.4, 0.5) is 10.3 Å². The zero-order chi connectivity index (χ0) is 13.0. The average molecular weight is 244 g/mol. The Hall–Kier alpha value is -2.68. The molecule has 5 nitrogen and oxygen atoms in total. The van der Waals surface area contributed by atoms with Crippen molar-refractivity contribution < 1.29 is 9.18 Å². The lowest BCUT2D eigenvalue weighted by Crippen LogP contribution is -2.09. The number of H-pyrrole nitrogens is 1. The lowest BCUT2D eigenvalue weighted by atomic mass is 10.1. The molecule has 90 valence electrons. The molecule has 0 saturated heterocycles. The van der Waals surface area contributed by atoms with Gasteiger partial charge in [-0.25, -0.2) is 4.39 Å². The van der Waals surface area contributed by atoms with Gasteiger partial charge in [0.05, 0.1) is 0 Å². The molecule has 2 N–H and O–H groups in total. The van der Waals surface area contributed by atoms with Crippen molar-refractivity contribution in [3.05, 3.63) is 41.5 Å². The van der Waals surface area contributed by atoms with Crippen LogP contribution >= 0.6 is 0 Å². The third-order valence-corrected chi connectivity index (χ3v) is 2.15. The Morgan fingerprint density at radius 1 is 1.56 bits per heavy atom. The maximum absolute atomic E-state index is 13.0. The molecule has 1 aromatic carbocycles. The van der Waals surface area contributed by atoms with Crippen LogP contribution in [0, 0.1) is 18.2 Å². The molecule has 0 bridgehead atoms. The fraction of sp³-hybridized carbons (Fsp3) is 0.0833. The minimum absolute atomic E-state index is 0.101. The number of aromatic nitrogens is 3. The molecular weight excluding hydrogens is 235 g/mol. The van der Waals surface area contributed by atoms with Crippen molar-refractivity contribution in [1.82, 2.24) is 15.2 Å². The maximum Gasteiger partial charge on any atom is 0.302 e. The molecular formula is C12H9FN4O. The molecule has 1 aromatic heterocycles. The van der Waals surface area contributed by atoms with E-state index in [-0.39, 0.29) is 11.8 Å². The van der Waals surface area contributed by atoms with Gasteiger partial charge in [-0.2, -0.15) is 4.98 Å². The number of aromatic amines is 1. The van der Waals surface area contributed by atoms with Gasteiger partial charge in [0.15, 0.2) is 0 Å². The Kier molecular flexibility index (Phi) is 3.34. The van der Waals surface area contributed by atoms with Crippen molar-refractivity contribution in [2.24, 2.45) is 0 Å². The highest BCUT2D eigenvalue weighted by Crippen LogP contribution is 2.08. The molecule has 1 amide bonds. The van der Waals surface area contributed by atoms with Crippen LogP contribution in [0.25, 0.3) is 0 Å². The lowest BCUT2D eigenvalue weighted by molar-refractivity contribution is -0.111. The molecule has 0 unspecified atom stereocenters. The molecule has 0 aliphatic rings. The van der Waals surface area contributed by atoms with E-state index in [2.05, 4.69) is 20.5 Å². The summed E-state index contributed by atoms with van der Waals surface area (Å²) in [5, 5.41) is 8.71. The Labute approximate surface area is 102 Å². The molecule has 0 spiro atoms. The maximum atomic E-state index is 13.0. The summed E-state index contributed by atoms with van der Waals surface area (Å²) in [5.41, 5.74) is 0.751. The predicted octanol–water partition coefficient (Wildman–Crippen LogP) is 1.11. The Balaban J connectivity index is 2.07. The van der Waals surface area contributed by atoms with Crippen LogP contribution in [0.1, 0.15) is 11.4 Å². The van der Waals surface area contributed by atoms with Crippen molar-refractivity contribution in [3.8, 4) is 12.3 Å². The number of amides is 1. The Bertz CT molecular complexity index is 615. The SMILES string of the molecule is C#CC(=O)Nc1n[nH]c(Cc2cccc(F)c2)n1. The van der Waals surface area contributed by atoms with Crippen LogP contribution in [0.3, 0.4) is 0 Å². The normalized spacial score (nSPS) is 9.78. The van der Waals surface area contributed by atoms with Crippen molar-refractivity contribution in [2.75, 3.05) is 5.32 Å². The first-order valence-electron chi connectivity index (χ1n) is 5.10. The number of rotatable bonds is 3. The molecule has 0 aliphatic carbocycles. The quantitative estimate of drug-likeness (QED) is 0.794. The van der Waals surface area contributed by atoms with Gasteiger partial charge in [-0.05, 0) is 23.6 Å². The average Bonchev–Trinajstić information content (AvgIpc) is 2.76. The van der Waals surface area contributed by atoms with Crippen molar-refractivity contribution in [2.45, 2.75) is 6.42 Å². The number of nitrogens with one attached hydrogen (secondary N) is 2. The van der Waals surface area contributed by atoms with Gasteiger partial charge in [0.25, 0.3) is 0 Å². The number of anilines is 1. The summed E-state index contributed by atoms with van der Waals surface area (Å²) >= 11 is 0. The van der Waals surface area contributed by atoms with Crippen LogP contribution in [0.2, 0.25) is 0 Å². The third-order valence-electron chi connectivity index (χ3n) is 2.15. The van der Waals surface area contributed by atoms with Crippen LogP contribution in [0.15, 0.2) is 24.3 Å². The summed E-state index contributed by atoms with van der Waals surface area (Å²) < 4.78 is 13.0. The van der Waals surface area contributed by atoms with Crippen LogP contribution in [0.5, 0.6) is 0 Å². The largest absolute Gasteiger partial charge is 0.302 e. The number of hydrogen-bond donors (Lipinski definition) is 2. The van der Waals surface area contributed by atoms with E-state index in [4.69, 9.17) is 6.42 Å². The van der Waals surface area contributed by atoms with Crippen molar-refractivity contribution >= 4 is 11.9 Å². The number of carbonyl (C=O) groups excluding carboxylic acids is 1. The van der Waals surface area contributed by atoms with E-state index >= 15 is 0 Å². The second-order valence-corrected chi connectivity index (χ2v) is 3.51. The van der Waals surface area contributed by atoms with Gasteiger partial charge >= 0.3 is 5.91 Å². The van der Waals surface area contributed by atoms with Crippen molar-refractivity contribution in [3.63, 3.8) is 0 Å². The zero-order valence-electron chi connectivity index (χ0n) is 9.27. The van der Waals surface area contributed by atoms with E-state index in [1.54, 1.807) is 12.1 Å². The molecule has 18 heavy (non-hydrogen) atoms. The molecule has 0 atom stereocenters.